The first-order chi connectivity index (χ1) is 65.1. The van der Waals surface area contributed by atoms with Crippen molar-refractivity contribution < 1.29 is 102 Å². The second kappa shape index (κ2) is 52.9. The molecule has 5 aromatic carbocycles. The van der Waals surface area contributed by atoms with E-state index in [1.54, 1.807) is 114 Å². The van der Waals surface area contributed by atoms with Crippen molar-refractivity contribution in [1.29, 1.82) is 0 Å². The highest BCUT2D eigenvalue weighted by Gasteiger charge is 2.44. The second-order valence-corrected chi connectivity index (χ2v) is 36.9. The number of aromatic amines is 1. The van der Waals surface area contributed by atoms with Crippen LogP contribution in [0, 0.1) is 23.7 Å². The highest BCUT2D eigenvalue weighted by atomic mass is 32.2. The van der Waals surface area contributed by atoms with E-state index in [-0.39, 0.29) is 82.5 Å². The van der Waals surface area contributed by atoms with Crippen LogP contribution in [-0.4, -0.2) is 253 Å². The van der Waals surface area contributed by atoms with Crippen molar-refractivity contribution in [2.45, 2.75) is 236 Å². The van der Waals surface area contributed by atoms with Gasteiger partial charge in [-0.1, -0.05) is 171 Å². The summed E-state index contributed by atoms with van der Waals surface area (Å²) in [5.41, 5.74) is 21.1. The number of aliphatic hydroxyl groups excluding tert-OH is 1. The van der Waals surface area contributed by atoms with Crippen molar-refractivity contribution in [3.8, 4) is 16.9 Å². The molecule has 0 bridgehead atoms. The Labute approximate surface area is 798 Å². The van der Waals surface area contributed by atoms with E-state index in [1.807, 2.05) is 42.5 Å². The van der Waals surface area contributed by atoms with E-state index >= 15 is 38.4 Å². The van der Waals surface area contributed by atoms with Crippen LogP contribution in [0.25, 0.3) is 22.0 Å². The minimum atomic E-state index is -2.07. The monoisotopic (exact) mass is 1920 g/mol. The van der Waals surface area contributed by atoms with Crippen LogP contribution < -0.4 is 91.6 Å². The Balaban J connectivity index is 1.21. The molecule has 6 aromatic rings. The second-order valence-electron chi connectivity index (χ2n) is 35.9. The number of carbonyl (C=O) groups is 18. The first kappa shape index (κ1) is 108. The van der Waals surface area contributed by atoms with E-state index in [0.717, 1.165) is 11.1 Å². The van der Waals surface area contributed by atoms with Gasteiger partial charge in [-0.25, -0.2) is 0 Å². The minimum Gasteiger partial charge on any atom is -0.508 e. The third-order valence-corrected chi connectivity index (χ3v) is 24.2. The number of hydrogen-bond acceptors (Lipinski definition) is 22. The zero-order valence-corrected chi connectivity index (χ0v) is 79.1. The Kier molecular flexibility index (Phi) is 41.9. The van der Waals surface area contributed by atoms with E-state index in [2.05, 4.69) is 79.4 Å². The molecule has 1 aromatic heterocycles. The van der Waals surface area contributed by atoms with Crippen molar-refractivity contribution in [2.75, 3.05) is 31.2 Å². The van der Waals surface area contributed by atoms with Crippen LogP contribution in [0.2, 0.25) is 0 Å². The molecule has 2 fully saturated rings. The van der Waals surface area contributed by atoms with Gasteiger partial charge in [-0.15, -0.1) is 11.8 Å². The number of para-hydroxylation sites is 1. The number of carboxylic acid groups (broad SMARTS) is 1. The number of phenolic OH excluding ortho intramolecular Hbond substituents is 1. The Hall–Kier alpha value is -13.8. The van der Waals surface area contributed by atoms with Crippen LogP contribution in [0.4, 0.5) is 0 Å². The molecular weight excluding hydrogens is 1790 g/mol. The molecule has 0 unspecified atom stereocenters. The van der Waals surface area contributed by atoms with Gasteiger partial charge in [-0.3, -0.25) is 86.3 Å². The predicted octanol–water partition coefficient (Wildman–Crippen LogP) is -0.283. The molecule has 24 N–H and O–H groups in total. The van der Waals surface area contributed by atoms with Crippen molar-refractivity contribution in [3.05, 3.63) is 162 Å². The summed E-state index contributed by atoms with van der Waals surface area (Å²) in [5, 5.41) is 68.7. The zero-order chi connectivity index (χ0) is 100. The van der Waals surface area contributed by atoms with Crippen LogP contribution in [0.1, 0.15) is 142 Å². The number of benzene rings is 5. The predicted molar refractivity (Wildman–Crippen MR) is 508 cm³/mol. The molecule has 0 radical (unpaired) electrons. The maximum Gasteiger partial charge on any atom is 0.305 e. The number of carbonyl (C=O) groups excluding carboxylic acids is 17. The minimum absolute atomic E-state index is 0.00476. The summed E-state index contributed by atoms with van der Waals surface area (Å²) in [6, 6.07) is 12.7. The third-order valence-electron chi connectivity index (χ3n) is 23.2. The first-order valence-electron chi connectivity index (χ1n) is 45.8. The number of aliphatic hydroxyl groups is 1. The van der Waals surface area contributed by atoms with Gasteiger partial charge in [0.15, 0.2) is 0 Å². The van der Waals surface area contributed by atoms with Gasteiger partial charge in [0, 0.05) is 55.1 Å². The number of aromatic hydroxyl groups is 1. The van der Waals surface area contributed by atoms with Gasteiger partial charge in [0.25, 0.3) is 0 Å². The van der Waals surface area contributed by atoms with E-state index in [9.17, 15) is 63.3 Å². The lowest BCUT2D eigenvalue weighted by molar-refractivity contribution is -0.143. The number of aromatic nitrogens is 1. The molecule has 8 rings (SSSR count). The van der Waals surface area contributed by atoms with Crippen molar-refractivity contribution >= 4 is 129 Å². The number of hydrogen-bond donors (Lipinski definition) is 21. The van der Waals surface area contributed by atoms with Crippen LogP contribution in [-0.2, 0) is 112 Å². The van der Waals surface area contributed by atoms with Gasteiger partial charge < -0.3 is 117 Å². The number of H-pyrrole nitrogens is 1. The van der Waals surface area contributed by atoms with Crippen molar-refractivity contribution in [1.82, 2.24) is 84.3 Å². The number of aliphatic carboxylic acids is 1. The van der Waals surface area contributed by atoms with Gasteiger partial charge >= 0.3 is 5.97 Å². The number of nitrogens with one attached hydrogen (secondary N) is 15. The number of unbranched alkanes of at least 4 members (excludes halogenated alkanes) is 1. The van der Waals surface area contributed by atoms with E-state index < -0.39 is 252 Å². The standard InChI is InChI=1S/C96H129N19O21S/c1-51(2)39-66-83(123)107-70(42-57-29-33-60(34-30-57)59-23-14-11-15-24-59)90(130)114-80(53(5)6)94(134)103-65(27-18-19-37-97)96(136)115-38-20-28-76(115)93(133)110-72(45-77(98)118)87(127)105-67(40-52(3)4)89(129)113-81(54(7)8)95(135)111-74(48-116)91(131)112-75(92(132)101-55(9)82(99)122)49-137-50-78(119)102-68(41-56-21-12-10-13-22-56)84(124)106-69(43-58-31-35-62(117)36-32-58)85(125)109-73(46-79(120)121)88(128)108-71(86(126)104-66)44-61-47-100-64-26-17-16-25-63(61)64/h10-17,21-26,29-36,47,51-55,65-76,80-81,100,116-117H,18-20,27-28,37-46,48-50,97H2,1-9H3,(H2,98,118)(H2,99,122)(H,101,132)(H,102,119)(H,103,134)(H,104,126)(H,105,127)(H,106,124)(H,107,123)(H,108,128)(H,109,125)(H,110,133)(H,111,135)(H,112,131)(H,113,129)(H,114,130)(H,120,121)/t55-,65+,66-,67-,68-,69-,70-,71-,72-,73-,74-,75-,76+,80-,81-/m0/s1. The molecule has 0 saturated carbocycles. The molecular formula is C96H129N19O21S. The van der Waals surface area contributed by atoms with Gasteiger partial charge in [0.2, 0.25) is 100 Å². The maximum absolute atomic E-state index is 15.5. The molecule has 17 amide bonds. The van der Waals surface area contributed by atoms with Gasteiger partial charge in [0.1, 0.15) is 96.4 Å². The van der Waals surface area contributed by atoms with Crippen LogP contribution in [0.3, 0.4) is 0 Å². The Morgan fingerprint density at radius 1 is 0.460 bits per heavy atom. The third kappa shape index (κ3) is 33.6. The van der Waals surface area contributed by atoms with E-state index in [1.165, 1.54) is 49.9 Å². The highest BCUT2D eigenvalue weighted by molar-refractivity contribution is 8.00. The number of nitrogens with two attached hydrogens (primary N) is 3. The summed E-state index contributed by atoms with van der Waals surface area (Å²) < 4.78 is 0. The van der Waals surface area contributed by atoms with Crippen LogP contribution in [0.15, 0.2) is 140 Å². The highest BCUT2D eigenvalue weighted by Crippen LogP contribution is 2.26. The summed E-state index contributed by atoms with van der Waals surface area (Å²) in [4.78, 5) is 266. The molecule has 2 saturated heterocycles. The van der Waals surface area contributed by atoms with Gasteiger partial charge in [-0.05, 0) is 134 Å². The first-order valence-corrected chi connectivity index (χ1v) is 47.0. The topological polar surface area (TPSA) is 633 Å². The summed E-state index contributed by atoms with van der Waals surface area (Å²) in [6.07, 6.45) is -1.17. The average Bonchev–Trinajstić information content (AvgIpc) is 1.71. The number of carboxylic acids is 1. The molecule has 40 nitrogen and oxygen atoms in total. The number of primary amides is 2. The Morgan fingerprint density at radius 3 is 1.41 bits per heavy atom. The lowest BCUT2D eigenvalue weighted by Crippen LogP contribution is -2.62. The Bertz CT molecular complexity index is 5220. The normalized spacial score (nSPS) is 23.6. The largest absolute Gasteiger partial charge is 0.508 e. The Morgan fingerprint density at radius 2 is 0.891 bits per heavy atom. The number of fused-ring (bicyclic) bond motifs is 2. The lowest BCUT2D eigenvalue weighted by atomic mass is 9.97. The van der Waals surface area contributed by atoms with Gasteiger partial charge in [-0.2, -0.15) is 0 Å². The molecule has 41 heteroatoms. The van der Waals surface area contributed by atoms with Gasteiger partial charge in [0.05, 0.1) is 25.2 Å². The molecule has 15 atom stereocenters. The summed E-state index contributed by atoms with van der Waals surface area (Å²) >= 11 is 0.705. The molecule has 137 heavy (non-hydrogen) atoms. The number of thioether (sulfide) groups is 1. The van der Waals surface area contributed by atoms with Crippen molar-refractivity contribution in [3.63, 3.8) is 0 Å². The summed E-state index contributed by atoms with van der Waals surface area (Å²) in [7, 11) is 0. The number of nitrogens with zero attached hydrogens (tertiary/aromatic N) is 1. The van der Waals surface area contributed by atoms with E-state index in [4.69, 9.17) is 17.2 Å². The molecule has 740 valence electrons. The molecule has 0 aliphatic carbocycles. The molecule has 2 aliphatic rings. The maximum atomic E-state index is 15.5. The lowest BCUT2D eigenvalue weighted by Gasteiger charge is -2.32. The smallest absolute Gasteiger partial charge is 0.305 e. The molecule has 0 spiro atoms. The zero-order valence-electron chi connectivity index (χ0n) is 78.3. The average molecular weight is 1920 g/mol. The van der Waals surface area contributed by atoms with Crippen LogP contribution >= 0.6 is 11.8 Å². The fourth-order valence-electron chi connectivity index (χ4n) is 15.8. The quantitative estimate of drug-likeness (QED) is 0.0295. The fourth-order valence-corrected chi connectivity index (χ4v) is 16.6. The van der Waals surface area contributed by atoms with E-state index in [0.29, 0.717) is 51.3 Å². The fraction of sp³-hybridized carbons (Fsp3) is 0.479. The molecule has 2 aliphatic heterocycles. The molecule has 3 heterocycles. The number of phenols is 1. The number of amides is 17. The van der Waals surface area contributed by atoms with Crippen LogP contribution in [0.5, 0.6) is 5.75 Å². The SMILES string of the molecule is CC(C)C[C@@H]1NC(=O)[C@H](Cc2c[nH]c3ccccc23)NC(=O)[C@H](CC(=O)O)NC(=O)[C@H](Cc2ccc(O)cc2)NC(=O)[C@H](Cc2ccccc2)NC(=O)CSC[C@@H](C(=O)N[C@@H](C)C(N)=O)NC(=O)[C@H](CO)NC(=O)[C@H](C(C)C)NC(=O)[C@H](CC(C)C)NC(=O)[C@H](CC(N)=O)NC(=O)[C@H]2CCCN2C(=O)[C@@H](CCCCN)NC(=O)[C@H](C(C)C)NC(=O)[C@H](Cc2ccc(-c3ccccc3)cc2)NC1=O. The number of rotatable bonds is 27. The summed E-state index contributed by atoms with van der Waals surface area (Å²) in [6.45, 7) is 13.4. The summed E-state index contributed by atoms with van der Waals surface area (Å²) in [5.74, 6) is -22.6. The van der Waals surface area contributed by atoms with Crippen molar-refractivity contribution in [2.24, 2.45) is 40.9 Å².